The summed E-state index contributed by atoms with van der Waals surface area (Å²) in [5.41, 5.74) is -1.19. The van der Waals surface area contributed by atoms with Crippen molar-refractivity contribution in [3.63, 3.8) is 0 Å². The molecule has 0 aliphatic heterocycles. The van der Waals surface area contributed by atoms with Crippen LogP contribution < -0.4 is 0 Å². The molecule has 0 saturated carbocycles. The summed E-state index contributed by atoms with van der Waals surface area (Å²) in [7, 11) is 0. The zero-order valence-electron chi connectivity index (χ0n) is 8.68. The van der Waals surface area contributed by atoms with Crippen LogP contribution in [0.3, 0.4) is 0 Å². The molecule has 2 rings (SSSR count). The highest BCUT2D eigenvalue weighted by Gasteiger charge is 2.35. The number of hydrogen-bond acceptors (Lipinski definition) is 3. The highest BCUT2D eigenvalue weighted by molar-refractivity contribution is 5.41. The summed E-state index contributed by atoms with van der Waals surface area (Å²) in [5.74, 6) is 0. The van der Waals surface area contributed by atoms with Gasteiger partial charge in [-0.3, -0.25) is 10.1 Å². The van der Waals surface area contributed by atoms with Crippen LogP contribution in [0.4, 0.5) is 18.9 Å². The molecule has 93 valence electrons. The maximum atomic E-state index is 12.6. The van der Waals surface area contributed by atoms with E-state index in [0.717, 1.165) is 18.3 Å². The Kier molecular flexibility index (Phi) is 2.77. The number of nitro groups is 1. The highest BCUT2D eigenvalue weighted by Crippen LogP contribution is 2.30. The third-order valence-electron chi connectivity index (χ3n) is 2.16. The molecule has 1 aromatic heterocycles. The predicted octanol–water partition coefficient (Wildman–Crippen LogP) is 2.60. The molecule has 2 aromatic rings. The second kappa shape index (κ2) is 4.13. The van der Waals surface area contributed by atoms with Crippen LogP contribution in [0.15, 0.2) is 30.5 Å². The molecule has 0 atom stereocenters. The Hall–Kier alpha value is -2.38. The first-order chi connectivity index (χ1) is 8.39. The van der Waals surface area contributed by atoms with Crippen LogP contribution in [0.1, 0.15) is 5.69 Å². The molecule has 0 amide bonds. The van der Waals surface area contributed by atoms with Crippen molar-refractivity contribution in [3.8, 4) is 5.69 Å². The topological polar surface area (TPSA) is 61.0 Å². The van der Waals surface area contributed by atoms with Crippen LogP contribution in [0.25, 0.3) is 5.69 Å². The summed E-state index contributed by atoms with van der Waals surface area (Å²) < 4.78 is 38.4. The van der Waals surface area contributed by atoms with Crippen molar-refractivity contribution < 1.29 is 18.1 Å². The van der Waals surface area contributed by atoms with Gasteiger partial charge in [0.2, 0.25) is 0 Å². The maximum Gasteiger partial charge on any atom is 0.434 e. The molecule has 0 unspecified atom stereocenters. The van der Waals surface area contributed by atoms with Gasteiger partial charge < -0.3 is 0 Å². The Morgan fingerprint density at radius 1 is 1.28 bits per heavy atom. The van der Waals surface area contributed by atoms with Crippen molar-refractivity contribution in [2.45, 2.75) is 6.18 Å². The first-order valence-corrected chi connectivity index (χ1v) is 4.67. The van der Waals surface area contributed by atoms with Crippen molar-refractivity contribution in [1.82, 2.24) is 9.78 Å². The summed E-state index contributed by atoms with van der Waals surface area (Å²) >= 11 is 0. The second-order valence-electron chi connectivity index (χ2n) is 3.32. The number of hydrogen-bond donors (Lipinski definition) is 0. The van der Waals surface area contributed by atoms with E-state index < -0.39 is 16.8 Å². The Labute approximate surface area is 98.6 Å². The Morgan fingerprint density at radius 2 is 1.89 bits per heavy atom. The van der Waals surface area contributed by atoms with E-state index in [1.807, 2.05) is 6.07 Å². The second-order valence-corrected chi connectivity index (χ2v) is 3.32. The lowest BCUT2D eigenvalue weighted by atomic mass is 10.3. The molecular formula is C10H5F3N3O2. The summed E-state index contributed by atoms with van der Waals surface area (Å²) in [6.07, 6.45) is -3.69. The molecule has 5 nitrogen and oxygen atoms in total. The molecule has 0 fully saturated rings. The molecule has 8 heteroatoms. The van der Waals surface area contributed by atoms with Gasteiger partial charge in [0.1, 0.15) is 0 Å². The fourth-order valence-electron chi connectivity index (χ4n) is 1.38. The number of aromatic nitrogens is 2. The van der Waals surface area contributed by atoms with E-state index in [-0.39, 0.29) is 11.4 Å². The minimum absolute atomic E-state index is 0.0779. The molecule has 0 aliphatic carbocycles. The number of nitrogens with zero attached hydrogens (tertiary/aromatic N) is 3. The van der Waals surface area contributed by atoms with E-state index in [0.29, 0.717) is 4.68 Å². The van der Waals surface area contributed by atoms with Crippen molar-refractivity contribution in [3.05, 3.63) is 52.3 Å². The molecule has 1 aromatic carbocycles. The molecule has 0 spiro atoms. The van der Waals surface area contributed by atoms with E-state index in [9.17, 15) is 23.3 Å². The van der Waals surface area contributed by atoms with Gasteiger partial charge in [0.15, 0.2) is 5.69 Å². The maximum absolute atomic E-state index is 12.6. The van der Waals surface area contributed by atoms with Gasteiger partial charge in [-0.1, -0.05) is 0 Å². The molecular weight excluding hydrogens is 251 g/mol. The van der Waals surface area contributed by atoms with Crippen LogP contribution in [0.5, 0.6) is 0 Å². The zero-order valence-corrected chi connectivity index (χ0v) is 8.68. The van der Waals surface area contributed by atoms with E-state index in [1.165, 1.54) is 12.1 Å². The van der Waals surface area contributed by atoms with Crippen LogP contribution in [0, 0.1) is 16.2 Å². The number of nitro benzene ring substituents is 1. The quantitative estimate of drug-likeness (QED) is 0.612. The van der Waals surface area contributed by atoms with Gasteiger partial charge in [-0.15, -0.1) is 0 Å². The molecule has 0 saturated heterocycles. The summed E-state index contributed by atoms with van der Waals surface area (Å²) in [6.45, 7) is 0. The minimum atomic E-state index is -4.59. The van der Waals surface area contributed by atoms with E-state index in [2.05, 4.69) is 5.10 Å². The number of non-ortho nitro benzene ring substituents is 1. The van der Waals surface area contributed by atoms with Crippen LogP contribution in [-0.2, 0) is 6.18 Å². The van der Waals surface area contributed by atoms with Gasteiger partial charge in [0.25, 0.3) is 5.69 Å². The average Bonchev–Trinajstić information content (AvgIpc) is 2.77. The van der Waals surface area contributed by atoms with E-state index in [4.69, 9.17) is 0 Å². The fraction of sp³-hybridized carbons (Fsp3) is 0.100. The molecule has 0 aliphatic rings. The van der Waals surface area contributed by atoms with Crippen LogP contribution >= 0.6 is 0 Å². The Balaban J connectivity index is 2.44. The van der Waals surface area contributed by atoms with Crippen LogP contribution in [-0.4, -0.2) is 14.7 Å². The largest absolute Gasteiger partial charge is 0.434 e. The van der Waals surface area contributed by atoms with Gasteiger partial charge >= 0.3 is 6.18 Å². The molecule has 1 heterocycles. The predicted molar refractivity (Wildman–Crippen MR) is 54.1 cm³/mol. The fourth-order valence-corrected chi connectivity index (χ4v) is 1.38. The summed E-state index contributed by atoms with van der Waals surface area (Å²) in [5, 5.41) is 13.9. The third-order valence-corrected chi connectivity index (χ3v) is 2.16. The van der Waals surface area contributed by atoms with Gasteiger partial charge in [0.05, 0.1) is 16.8 Å². The SMILES string of the molecule is O=[N+]([O-])c1ccc(-n2nc[c]c2C(F)(F)F)cc1. The molecule has 1 radical (unpaired) electrons. The number of benzene rings is 1. The lowest BCUT2D eigenvalue weighted by Crippen LogP contribution is -2.13. The lowest BCUT2D eigenvalue weighted by Gasteiger charge is -2.09. The average molecular weight is 256 g/mol. The standard InChI is InChI=1S/C10H5F3N3O2/c11-10(12,13)9-5-6-14-15(9)7-1-3-8(4-2-7)16(17)18/h1-4,6H. The Morgan fingerprint density at radius 3 is 2.39 bits per heavy atom. The third kappa shape index (κ3) is 2.17. The summed E-state index contributed by atoms with van der Waals surface area (Å²) in [4.78, 5) is 9.79. The monoisotopic (exact) mass is 256 g/mol. The molecule has 0 N–H and O–H groups in total. The first kappa shape index (κ1) is 12.1. The van der Waals surface area contributed by atoms with E-state index in [1.54, 1.807) is 0 Å². The van der Waals surface area contributed by atoms with Crippen molar-refractivity contribution >= 4 is 5.69 Å². The van der Waals surface area contributed by atoms with Crippen LogP contribution in [0.2, 0.25) is 0 Å². The number of halogens is 3. The molecule has 18 heavy (non-hydrogen) atoms. The molecule has 0 bridgehead atoms. The summed E-state index contributed by atoms with van der Waals surface area (Å²) in [6, 6.07) is 6.57. The minimum Gasteiger partial charge on any atom is -0.258 e. The van der Waals surface area contributed by atoms with Gasteiger partial charge in [-0.25, -0.2) is 4.68 Å². The van der Waals surface area contributed by atoms with Crippen molar-refractivity contribution in [1.29, 1.82) is 0 Å². The smallest absolute Gasteiger partial charge is 0.258 e. The van der Waals surface area contributed by atoms with Gasteiger partial charge in [0, 0.05) is 18.2 Å². The van der Waals surface area contributed by atoms with Gasteiger partial charge in [-0.2, -0.15) is 18.3 Å². The zero-order chi connectivity index (χ0) is 13.3. The lowest BCUT2D eigenvalue weighted by molar-refractivity contribution is -0.384. The Bertz CT molecular complexity index is 575. The van der Waals surface area contributed by atoms with E-state index >= 15 is 0 Å². The highest BCUT2D eigenvalue weighted by atomic mass is 19.4. The normalized spacial score (nSPS) is 11.5. The number of rotatable bonds is 2. The van der Waals surface area contributed by atoms with Gasteiger partial charge in [-0.05, 0) is 12.1 Å². The van der Waals surface area contributed by atoms with Crippen molar-refractivity contribution in [2.75, 3.05) is 0 Å². The van der Waals surface area contributed by atoms with Crippen molar-refractivity contribution in [2.24, 2.45) is 0 Å². The number of alkyl halides is 3. The first-order valence-electron chi connectivity index (χ1n) is 4.67.